The van der Waals surface area contributed by atoms with Crippen molar-refractivity contribution in [1.29, 1.82) is 5.26 Å². The largest absolute Gasteiger partial charge is 0.495 e. The SMILES string of the molecule is COc1ccc(C#N)cc1Nc1nccc(-c2cnc3c(c2)C(C)(CO)CN3)n1. The molecule has 3 heterocycles. The van der Waals surface area contributed by atoms with Crippen LogP contribution in [0, 0.1) is 11.3 Å². The van der Waals surface area contributed by atoms with Crippen molar-refractivity contribution in [2.75, 3.05) is 30.9 Å². The van der Waals surface area contributed by atoms with Crippen LogP contribution in [0.15, 0.2) is 42.7 Å². The van der Waals surface area contributed by atoms with Gasteiger partial charge in [-0.15, -0.1) is 0 Å². The van der Waals surface area contributed by atoms with Gasteiger partial charge < -0.3 is 20.5 Å². The Morgan fingerprint density at radius 2 is 2.17 bits per heavy atom. The fourth-order valence-corrected chi connectivity index (χ4v) is 3.30. The van der Waals surface area contributed by atoms with Crippen LogP contribution in [0.5, 0.6) is 5.75 Å². The molecule has 1 aromatic carbocycles. The lowest BCUT2D eigenvalue weighted by atomic mass is 9.85. The molecule has 0 bridgehead atoms. The van der Waals surface area contributed by atoms with E-state index in [1.54, 1.807) is 43.8 Å². The number of methoxy groups -OCH3 is 1. The van der Waals surface area contributed by atoms with Crippen LogP contribution in [-0.4, -0.2) is 40.3 Å². The minimum Gasteiger partial charge on any atom is -0.495 e. The number of ether oxygens (including phenoxy) is 1. The second-order valence-corrected chi connectivity index (χ2v) is 7.11. The van der Waals surface area contributed by atoms with E-state index in [2.05, 4.69) is 31.7 Å². The molecule has 146 valence electrons. The first-order valence-corrected chi connectivity index (χ1v) is 9.10. The lowest BCUT2D eigenvalue weighted by molar-refractivity contribution is 0.218. The number of hydrogen-bond donors (Lipinski definition) is 3. The fraction of sp³-hybridized carbons (Fsp3) is 0.238. The van der Waals surface area contributed by atoms with Gasteiger partial charge in [0.05, 0.1) is 36.7 Å². The first kappa shape index (κ1) is 18.7. The van der Waals surface area contributed by atoms with Crippen molar-refractivity contribution in [1.82, 2.24) is 15.0 Å². The number of rotatable bonds is 5. The number of aliphatic hydroxyl groups is 1. The van der Waals surface area contributed by atoms with Crippen LogP contribution in [0.4, 0.5) is 17.5 Å². The van der Waals surface area contributed by atoms with Crippen molar-refractivity contribution in [2.45, 2.75) is 12.3 Å². The van der Waals surface area contributed by atoms with E-state index in [4.69, 9.17) is 10.00 Å². The Hall–Kier alpha value is -3.70. The van der Waals surface area contributed by atoms with Crippen molar-refractivity contribution in [3.63, 3.8) is 0 Å². The molecule has 0 saturated heterocycles. The highest BCUT2D eigenvalue weighted by Gasteiger charge is 2.35. The van der Waals surface area contributed by atoms with Crippen LogP contribution < -0.4 is 15.4 Å². The molecular weight excluding hydrogens is 368 g/mol. The number of hydrogen-bond acceptors (Lipinski definition) is 8. The molecule has 0 amide bonds. The minimum atomic E-state index is -0.377. The predicted molar refractivity (Wildman–Crippen MR) is 109 cm³/mol. The molecule has 0 radical (unpaired) electrons. The first-order chi connectivity index (χ1) is 14.1. The van der Waals surface area contributed by atoms with E-state index in [1.165, 1.54) is 0 Å². The molecule has 1 atom stereocenters. The summed E-state index contributed by atoms with van der Waals surface area (Å²) < 4.78 is 5.35. The van der Waals surface area contributed by atoms with Crippen LogP contribution in [0.25, 0.3) is 11.3 Å². The number of nitrogens with zero attached hydrogens (tertiary/aromatic N) is 4. The molecule has 0 saturated carbocycles. The number of nitrogens with one attached hydrogen (secondary N) is 2. The Bertz CT molecular complexity index is 1110. The Kier molecular flexibility index (Phi) is 4.74. The third kappa shape index (κ3) is 3.44. The first-order valence-electron chi connectivity index (χ1n) is 9.10. The molecule has 4 rings (SSSR count). The number of benzene rings is 1. The Balaban J connectivity index is 1.68. The molecule has 3 N–H and O–H groups in total. The van der Waals surface area contributed by atoms with Crippen molar-refractivity contribution in [3.8, 4) is 23.1 Å². The zero-order valence-electron chi connectivity index (χ0n) is 16.1. The molecule has 8 nitrogen and oxygen atoms in total. The Labute approximate surface area is 168 Å². The second-order valence-electron chi connectivity index (χ2n) is 7.11. The average molecular weight is 388 g/mol. The molecule has 1 aliphatic heterocycles. The summed E-state index contributed by atoms with van der Waals surface area (Å²) in [4.78, 5) is 13.3. The van der Waals surface area contributed by atoms with E-state index in [0.29, 0.717) is 35.2 Å². The van der Waals surface area contributed by atoms with E-state index in [1.807, 2.05) is 13.0 Å². The summed E-state index contributed by atoms with van der Waals surface area (Å²) in [6, 6.07) is 11.0. The molecule has 0 spiro atoms. The van der Waals surface area contributed by atoms with E-state index < -0.39 is 0 Å². The maximum Gasteiger partial charge on any atom is 0.227 e. The molecule has 29 heavy (non-hydrogen) atoms. The van der Waals surface area contributed by atoms with Crippen LogP contribution in [0.3, 0.4) is 0 Å². The highest BCUT2D eigenvalue weighted by molar-refractivity contribution is 5.69. The normalized spacial score (nSPS) is 17.2. The molecule has 1 unspecified atom stereocenters. The number of pyridine rings is 1. The Morgan fingerprint density at radius 1 is 1.31 bits per heavy atom. The lowest BCUT2D eigenvalue weighted by Crippen LogP contribution is -2.28. The fourth-order valence-electron chi connectivity index (χ4n) is 3.30. The van der Waals surface area contributed by atoms with E-state index in [0.717, 1.165) is 16.9 Å². The van der Waals surface area contributed by atoms with Crippen LogP contribution in [-0.2, 0) is 5.41 Å². The molecule has 2 aromatic heterocycles. The maximum atomic E-state index is 9.80. The van der Waals surface area contributed by atoms with Crippen LogP contribution in [0.2, 0.25) is 0 Å². The molecule has 0 fully saturated rings. The highest BCUT2D eigenvalue weighted by Crippen LogP contribution is 2.37. The number of aliphatic hydroxyl groups excluding tert-OH is 1. The number of anilines is 3. The summed E-state index contributed by atoms with van der Waals surface area (Å²) in [6.07, 6.45) is 3.40. The van der Waals surface area contributed by atoms with Gasteiger partial charge in [-0.25, -0.2) is 15.0 Å². The third-order valence-electron chi connectivity index (χ3n) is 5.06. The number of nitriles is 1. The van der Waals surface area contributed by atoms with Gasteiger partial charge in [0, 0.05) is 35.5 Å². The standard InChI is InChI=1S/C21H20N6O2/c1-21(12-28)11-25-19-15(21)8-14(10-24-19)16-5-6-23-20(26-16)27-17-7-13(9-22)3-4-18(17)29-2/h3-8,10,28H,11-12H2,1-2H3,(H,24,25)(H,23,26,27). The van der Waals surface area contributed by atoms with E-state index in [-0.39, 0.29) is 12.0 Å². The summed E-state index contributed by atoms with van der Waals surface area (Å²) in [7, 11) is 1.56. The van der Waals surface area contributed by atoms with E-state index >= 15 is 0 Å². The third-order valence-corrected chi connectivity index (χ3v) is 5.06. The quantitative estimate of drug-likeness (QED) is 0.611. The zero-order valence-corrected chi connectivity index (χ0v) is 16.1. The molecule has 8 heteroatoms. The van der Waals surface area contributed by atoms with Crippen molar-refractivity contribution in [2.24, 2.45) is 0 Å². The highest BCUT2D eigenvalue weighted by atomic mass is 16.5. The summed E-state index contributed by atoms with van der Waals surface area (Å²) >= 11 is 0. The predicted octanol–water partition coefficient (Wildman–Crippen LogP) is 2.84. The lowest BCUT2D eigenvalue weighted by Gasteiger charge is -2.20. The van der Waals surface area contributed by atoms with Gasteiger partial charge in [-0.1, -0.05) is 6.92 Å². The number of aromatic nitrogens is 3. The van der Waals surface area contributed by atoms with Gasteiger partial charge in [-0.2, -0.15) is 5.26 Å². The molecule has 3 aromatic rings. The van der Waals surface area contributed by atoms with Crippen LogP contribution in [0.1, 0.15) is 18.1 Å². The van der Waals surface area contributed by atoms with Gasteiger partial charge in [-0.05, 0) is 30.3 Å². The summed E-state index contributed by atoms with van der Waals surface area (Å²) in [5, 5.41) is 25.3. The molecule has 0 aliphatic carbocycles. The smallest absolute Gasteiger partial charge is 0.227 e. The second kappa shape index (κ2) is 7.37. The van der Waals surface area contributed by atoms with Gasteiger partial charge in [0.1, 0.15) is 11.6 Å². The van der Waals surface area contributed by atoms with Gasteiger partial charge in [-0.3, -0.25) is 0 Å². The van der Waals surface area contributed by atoms with Crippen LogP contribution >= 0.6 is 0 Å². The Morgan fingerprint density at radius 3 is 2.93 bits per heavy atom. The maximum absolute atomic E-state index is 9.80. The van der Waals surface area contributed by atoms with Crippen molar-refractivity contribution < 1.29 is 9.84 Å². The van der Waals surface area contributed by atoms with E-state index in [9.17, 15) is 5.11 Å². The van der Waals surface area contributed by atoms with Gasteiger partial charge >= 0.3 is 0 Å². The summed E-state index contributed by atoms with van der Waals surface area (Å²) in [5.74, 6) is 1.75. The summed E-state index contributed by atoms with van der Waals surface area (Å²) in [5.41, 5.74) is 3.22. The van der Waals surface area contributed by atoms with Gasteiger partial charge in [0.2, 0.25) is 5.95 Å². The van der Waals surface area contributed by atoms with Crippen molar-refractivity contribution >= 4 is 17.5 Å². The van der Waals surface area contributed by atoms with Gasteiger partial charge in [0.15, 0.2) is 0 Å². The molecular formula is C21H20N6O2. The molecule has 1 aliphatic rings. The topological polar surface area (TPSA) is 116 Å². The van der Waals surface area contributed by atoms with Gasteiger partial charge in [0.25, 0.3) is 0 Å². The monoisotopic (exact) mass is 388 g/mol. The minimum absolute atomic E-state index is 0.0315. The zero-order chi connectivity index (χ0) is 20.4. The average Bonchev–Trinajstić information content (AvgIpc) is 3.10. The summed E-state index contributed by atoms with van der Waals surface area (Å²) in [6.45, 7) is 2.67. The van der Waals surface area contributed by atoms with Crippen molar-refractivity contribution in [3.05, 3.63) is 53.9 Å². The number of fused-ring (bicyclic) bond motifs is 1.